The van der Waals surface area contributed by atoms with Crippen LogP contribution >= 0.6 is 0 Å². The number of amides is 2. The second-order valence-corrected chi connectivity index (χ2v) is 9.48. The highest BCUT2D eigenvalue weighted by atomic mass is 16.6. The van der Waals surface area contributed by atoms with E-state index < -0.39 is 24.0 Å². The minimum Gasteiger partial charge on any atom is -0.480 e. The fraction of sp³-hybridized carbons (Fsp3) is 0.480. The predicted molar refractivity (Wildman–Crippen MR) is 130 cm³/mol. The first-order valence-corrected chi connectivity index (χ1v) is 11.6. The molecule has 1 aromatic carbocycles. The fourth-order valence-corrected chi connectivity index (χ4v) is 3.73. The number of aryl methyl sites for hydroxylation is 1. The van der Waals surface area contributed by atoms with E-state index in [9.17, 15) is 19.5 Å². The maximum Gasteiger partial charge on any atom is 0.410 e. The van der Waals surface area contributed by atoms with E-state index in [1.807, 2.05) is 56.0 Å². The highest BCUT2D eigenvalue weighted by Crippen LogP contribution is 2.17. The molecule has 1 aliphatic rings. The second-order valence-electron chi connectivity index (χ2n) is 9.48. The van der Waals surface area contributed by atoms with Crippen LogP contribution in [0.1, 0.15) is 42.4 Å². The van der Waals surface area contributed by atoms with E-state index in [0.717, 1.165) is 5.56 Å². The zero-order valence-electron chi connectivity index (χ0n) is 20.7. The number of carboxylic acids is 1. The fourth-order valence-electron chi connectivity index (χ4n) is 3.73. The topological polar surface area (TPSA) is 116 Å². The molecule has 1 aliphatic heterocycles. The van der Waals surface area contributed by atoms with Crippen molar-refractivity contribution in [2.45, 2.75) is 39.7 Å². The lowest BCUT2D eigenvalue weighted by Gasteiger charge is -2.35. The summed E-state index contributed by atoms with van der Waals surface area (Å²) in [6, 6.07) is 9.60. The van der Waals surface area contributed by atoms with Crippen molar-refractivity contribution in [1.82, 2.24) is 19.8 Å². The standard InChI is InChI=1S/C25H33N5O5/c1-18-20(22(33)30(17-21(31)32)11-10-19-8-6-5-7-9-19)16-26-23(27-18)28-12-14-29(15-13-28)24(34)35-25(2,3)4/h5-9,16H,10-15,17H2,1-4H3,(H,31,32). The Morgan fingerprint density at radius 2 is 1.74 bits per heavy atom. The average Bonchev–Trinajstić information content (AvgIpc) is 2.80. The lowest BCUT2D eigenvalue weighted by Crippen LogP contribution is -2.50. The lowest BCUT2D eigenvalue weighted by molar-refractivity contribution is -0.137. The molecule has 1 aromatic heterocycles. The molecule has 2 amide bonds. The zero-order valence-corrected chi connectivity index (χ0v) is 20.7. The first kappa shape index (κ1) is 25.9. The molecule has 0 atom stereocenters. The molecule has 2 aromatic rings. The smallest absolute Gasteiger partial charge is 0.410 e. The van der Waals surface area contributed by atoms with Crippen LogP contribution in [0.15, 0.2) is 36.5 Å². The number of hydrogen-bond acceptors (Lipinski definition) is 7. The third-order valence-electron chi connectivity index (χ3n) is 5.54. The van der Waals surface area contributed by atoms with Gasteiger partial charge < -0.3 is 24.5 Å². The minimum atomic E-state index is -1.08. The highest BCUT2D eigenvalue weighted by molar-refractivity contribution is 5.96. The van der Waals surface area contributed by atoms with Crippen molar-refractivity contribution in [3.63, 3.8) is 0 Å². The van der Waals surface area contributed by atoms with E-state index in [0.29, 0.717) is 44.2 Å². The summed E-state index contributed by atoms with van der Waals surface area (Å²) < 4.78 is 5.43. The second kappa shape index (κ2) is 11.2. The van der Waals surface area contributed by atoms with Gasteiger partial charge in [-0.2, -0.15) is 0 Å². The molecule has 0 bridgehead atoms. The van der Waals surface area contributed by atoms with Crippen LogP contribution in [0.25, 0.3) is 0 Å². The highest BCUT2D eigenvalue weighted by Gasteiger charge is 2.28. The van der Waals surface area contributed by atoms with Gasteiger partial charge in [0.2, 0.25) is 5.95 Å². The van der Waals surface area contributed by atoms with Gasteiger partial charge in [0.05, 0.1) is 11.3 Å². The van der Waals surface area contributed by atoms with Crippen molar-refractivity contribution in [1.29, 1.82) is 0 Å². The largest absolute Gasteiger partial charge is 0.480 e. The van der Waals surface area contributed by atoms with Crippen LogP contribution in [-0.4, -0.2) is 87.7 Å². The molecule has 2 heterocycles. The number of carboxylic acid groups (broad SMARTS) is 1. The molecule has 0 aliphatic carbocycles. The number of aliphatic carboxylic acids is 1. The number of carbonyl (C=O) groups excluding carboxylic acids is 2. The van der Waals surface area contributed by atoms with Gasteiger partial charge in [-0.1, -0.05) is 30.3 Å². The molecule has 0 radical (unpaired) electrons. The van der Waals surface area contributed by atoms with Gasteiger partial charge in [0.25, 0.3) is 5.91 Å². The SMILES string of the molecule is Cc1nc(N2CCN(C(=O)OC(C)(C)C)CC2)ncc1C(=O)N(CCc1ccccc1)CC(=O)O. The lowest BCUT2D eigenvalue weighted by atomic mass is 10.1. The Bertz CT molecular complexity index is 1050. The first-order chi connectivity index (χ1) is 16.5. The molecule has 188 valence electrons. The van der Waals surface area contributed by atoms with Gasteiger partial charge in [0, 0.05) is 38.9 Å². The van der Waals surface area contributed by atoms with Crippen LogP contribution in [0.5, 0.6) is 0 Å². The van der Waals surface area contributed by atoms with Gasteiger partial charge in [-0.25, -0.2) is 14.8 Å². The van der Waals surface area contributed by atoms with Gasteiger partial charge >= 0.3 is 12.1 Å². The van der Waals surface area contributed by atoms with Crippen molar-refractivity contribution in [2.75, 3.05) is 44.2 Å². The van der Waals surface area contributed by atoms with Gasteiger partial charge in [-0.05, 0) is 39.7 Å². The number of hydrogen-bond donors (Lipinski definition) is 1. The van der Waals surface area contributed by atoms with Crippen LogP contribution in [-0.2, 0) is 16.0 Å². The van der Waals surface area contributed by atoms with E-state index >= 15 is 0 Å². The molecule has 0 unspecified atom stereocenters. The number of benzene rings is 1. The third kappa shape index (κ3) is 7.40. The maximum atomic E-state index is 13.2. The van der Waals surface area contributed by atoms with E-state index in [1.54, 1.807) is 11.8 Å². The first-order valence-electron chi connectivity index (χ1n) is 11.6. The van der Waals surface area contributed by atoms with Gasteiger partial charge in [-0.15, -0.1) is 0 Å². The molecule has 1 fully saturated rings. The van der Waals surface area contributed by atoms with Crippen molar-refractivity contribution >= 4 is 23.9 Å². The number of anilines is 1. The van der Waals surface area contributed by atoms with Crippen molar-refractivity contribution < 1.29 is 24.2 Å². The van der Waals surface area contributed by atoms with Crippen LogP contribution in [0.4, 0.5) is 10.7 Å². The average molecular weight is 484 g/mol. The summed E-state index contributed by atoms with van der Waals surface area (Å²) in [6.07, 6.45) is 1.65. The Kier molecular flexibility index (Phi) is 8.26. The number of carbonyl (C=O) groups is 3. The zero-order chi connectivity index (χ0) is 25.6. The molecule has 0 spiro atoms. The molecule has 10 nitrogen and oxygen atoms in total. The normalized spacial score (nSPS) is 13.9. The Balaban J connectivity index is 1.65. The van der Waals surface area contributed by atoms with Crippen molar-refractivity contribution in [2.24, 2.45) is 0 Å². The Hall–Kier alpha value is -3.69. The predicted octanol–water partition coefficient (Wildman–Crippen LogP) is 2.61. The number of aromatic nitrogens is 2. The Morgan fingerprint density at radius 1 is 1.09 bits per heavy atom. The van der Waals surface area contributed by atoms with Crippen LogP contribution in [0.3, 0.4) is 0 Å². The number of ether oxygens (including phenoxy) is 1. The van der Waals surface area contributed by atoms with E-state index in [2.05, 4.69) is 9.97 Å². The third-order valence-corrected chi connectivity index (χ3v) is 5.54. The Morgan fingerprint density at radius 3 is 2.31 bits per heavy atom. The number of piperazine rings is 1. The summed E-state index contributed by atoms with van der Waals surface area (Å²) >= 11 is 0. The van der Waals surface area contributed by atoms with Gasteiger partial charge in [0.1, 0.15) is 12.1 Å². The molecule has 1 saturated heterocycles. The molecule has 35 heavy (non-hydrogen) atoms. The summed E-state index contributed by atoms with van der Waals surface area (Å²) in [7, 11) is 0. The monoisotopic (exact) mass is 483 g/mol. The quantitative estimate of drug-likeness (QED) is 0.639. The van der Waals surface area contributed by atoms with E-state index in [1.165, 1.54) is 11.1 Å². The maximum absolute atomic E-state index is 13.2. The Labute approximate surface area is 205 Å². The summed E-state index contributed by atoms with van der Waals surface area (Å²) in [5.41, 5.74) is 1.22. The summed E-state index contributed by atoms with van der Waals surface area (Å²) in [4.78, 5) is 50.6. The molecular formula is C25H33N5O5. The van der Waals surface area contributed by atoms with E-state index in [4.69, 9.17) is 4.74 Å². The molecule has 1 N–H and O–H groups in total. The minimum absolute atomic E-state index is 0.267. The summed E-state index contributed by atoms with van der Waals surface area (Å²) in [5, 5.41) is 9.31. The van der Waals surface area contributed by atoms with Gasteiger partial charge in [0.15, 0.2) is 0 Å². The number of rotatable bonds is 7. The van der Waals surface area contributed by atoms with E-state index in [-0.39, 0.29) is 18.2 Å². The van der Waals surface area contributed by atoms with Crippen molar-refractivity contribution in [3.8, 4) is 0 Å². The van der Waals surface area contributed by atoms with Crippen LogP contribution in [0, 0.1) is 6.92 Å². The molecule has 0 saturated carbocycles. The molecule has 3 rings (SSSR count). The van der Waals surface area contributed by atoms with Crippen LogP contribution in [0.2, 0.25) is 0 Å². The molecule has 10 heteroatoms. The number of nitrogens with zero attached hydrogens (tertiary/aromatic N) is 5. The van der Waals surface area contributed by atoms with Gasteiger partial charge in [-0.3, -0.25) is 9.59 Å². The summed E-state index contributed by atoms with van der Waals surface area (Å²) in [6.45, 7) is 9.10. The summed E-state index contributed by atoms with van der Waals surface area (Å²) in [5.74, 6) is -1.02. The van der Waals surface area contributed by atoms with Crippen molar-refractivity contribution in [3.05, 3.63) is 53.3 Å². The molecular weight excluding hydrogens is 450 g/mol. The van der Waals surface area contributed by atoms with Crippen LogP contribution < -0.4 is 4.90 Å².